The summed E-state index contributed by atoms with van der Waals surface area (Å²) in [6, 6.07) is 5.47. The van der Waals surface area contributed by atoms with Gasteiger partial charge < -0.3 is 10.8 Å². The number of nitrogens with zero attached hydrogens (tertiary/aromatic N) is 1. The van der Waals surface area contributed by atoms with Crippen molar-refractivity contribution in [1.82, 2.24) is 0 Å². The first-order valence-corrected chi connectivity index (χ1v) is 6.00. The molecule has 3 N–H and O–H groups in total. The Bertz CT molecular complexity index is 507. The number of aliphatic hydroxyl groups is 1. The first-order chi connectivity index (χ1) is 8.04. The molecule has 1 unspecified atom stereocenters. The highest BCUT2D eigenvalue weighted by Gasteiger charge is 2.04. The Hall–Kier alpha value is -1.49. The first kappa shape index (κ1) is 13.6. The summed E-state index contributed by atoms with van der Waals surface area (Å²) < 4.78 is 0.781. The largest absolute Gasteiger partial charge is 0.397 e. The van der Waals surface area contributed by atoms with Crippen LogP contribution in [0.2, 0.25) is 0 Å². The Morgan fingerprint density at radius 3 is 2.71 bits per heavy atom. The lowest BCUT2D eigenvalue weighted by atomic mass is 10.1. The van der Waals surface area contributed by atoms with Crippen molar-refractivity contribution in [2.75, 3.05) is 5.73 Å². The Kier molecular flexibility index (Phi) is 5.03. The second-order valence-electron chi connectivity index (χ2n) is 3.72. The van der Waals surface area contributed by atoms with Gasteiger partial charge in [0.05, 0.1) is 17.4 Å². The average Bonchev–Trinajstić information content (AvgIpc) is 2.28. The van der Waals surface area contributed by atoms with Crippen LogP contribution >= 0.6 is 15.9 Å². The number of halogens is 1. The number of anilines is 1. The lowest BCUT2D eigenvalue weighted by Crippen LogP contribution is -1.97. The minimum Gasteiger partial charge on any atom is -0.397 e. The van der Waals surface area contributed by atoms with Gasteiger partial charge in [0.15, 0.2) is 0 Å². The highest BCUT2D eigenvalue weighted by Crippen LogP contribution is 2.22. The van der Waals surface area contributed by atoms with Gasteiger partial charge in [-0.05, 0) is 25.5 Å². The van der Waals surface area contributed by atoms with E-state index in [1.165, 1.54) is 0 Å². The molecule has 1 aromatic rings. The quantitative estimate of drug-likeness (QED) is 0.650. The number of aliphatic hydroxyl groups excluding tert-OH is 1. The molecule has 88 valence electrons. The molecule has 0 spiro atoms. The molecule has 0 aliphatic carbocycles. The monoisotopic (exact) mass is 292 g/mol. The summed E-state index contributed by atoms with van der Waals surface area (Å²) in [5.74, 6) is 5.85. The molecule has 0 aliphatic rings. The van der Waals surface area contributed by atoms with Crippen LogP contribution in [0.3, 0.4) is 0 Å². The Labute approximate surface area is 109 Å². The standard InChI is InChI=1S/C13H13BrN2O/c1-9(17)4-2-3-5-10-6-12(14)7-11(8-15)13(10)16/h6-7,9,17H,2,4,16H2,1H3. The molecule has 0 saturated carbocycles. The predicted molar refractivity (Wildman–Crippen MR) is 71.1 cm³/mol. The zero-order valence-corrected chi connectivity index (χ0v) is 11.1. The Morgan fingerprint density at radius 1 is 1.47 bits per heavy atom. The van der Waals surface area contributed by atoms with Gasteiger partial charge in [0, 0.05) is 16.5 Å². The molecule has 1 aromatic carbocycles. The fourth-order valence-corrected chi connectivity index (χ4v) is 1.71. The summed E-state index contributed by atoms with van der Waals surface area (Å²) >= 11 is 3.31. The van der Waals surface area contributed by atoms with Crippen molar-refractivity contribution in [3.63, 3.8) is 0 Å². The van der Waals surface area contributed by atoms with E-state index in [1.807, 2.05) is 6.07 Å². The minimum absolute atomic E-state index is 0.348. The maximum absolute atomic E-state index is 9.09. The average molecular weight is 293 g/mol. The van der Waals surface area contributed by atoms with E-state index in [0.29, 0.717) is 29.7 Å². The second-order valence-corrected chi connectivity index (χ2v) is 4.63. The molecule has 4 heteroatoms. The number of nitrogen functional groups attached to an aromatic ring is 1. The molecule has 3 nitrogen and oxygen atoms in total. The SMILES string of the molecule is CC(O)CCC#Cc1cc(Br)cc(C#N)c1N. The molecule has 0 amide bonds. The van der Waals surface area contributed by atoms with Crippen molar-refractivity contribution < 1.29 is 5.11 Å². The molecule has 0 bridgehead atoms. The van der Waals surface area contributed by atoms with Gasteiger partial charge in [0.25, 0.3) is 0 Å². The Morgan fingerprint density at radius 2 is 2.12 bits per heavy atom. The van der Waals surface area contributed by atoms with Crippen LogP contribution in [0.1, 0.15) is 30.9 Å². The molecule has 0 radical (unpaired) electrons. The van der Waals surface area contributed by atoms with Gasteiger partial charge in [0.1, 0.15) is 6.07 Å². The molecular formula is C13H13BrN2O. The van der Waals surface area contributed by atoms with E-state index in [1.54, 1.807) is 19.1 Å². The highest BCUT2D eigenvalue weighted by atomic mass is 79.9. The topological polar surface area (TPSA) is 70.0 Å². The van der Waals surface area contributed by atoms with Gasteiger partial charge >= 0.3 is 0 Å². The second kappa shape index (κ2) is 6.30. The fourth-order valence-electron chi connectivity index (χ4n) is 1.25. The summed E-state index contributed by atoms with van der Waals surface area (Å²) in [7, 11) is 0. The van der Waals surface area contributed by atoms with Crippen LogP contribution in [0, 0.1) is 23.2 Å². The third kappa shape index (κ3) is 4.11. The number of benzene rings is 1. The van der Waals surface area contributed by atoms with Crippen molar-refractivity contribution >= 4 is 21.6 Å². The van der Waals surface area contributed by atoms with E-state index >= 15 is 0 Å². The molecule has 17 heavy (non-hydrogen) atoms. The van der Waals surface area contributed by atoms with E-state index in [9.17, 15) is 0 Å². The van der Waals surface area contributed by atoms with E-state index in [-0.39, 0.29) is 6.10 Å². The van der Waals surface area contributed by atoms with Crippen LogP contribution in [0.5, 0.6) is 0 Å². The summed E-state index contributed by atoms with van der Waals surface area (Å²) in [5, 5.41) is 18.0. The molecule has 1 atom stereocenters. The molecule has 0 saturated heterocycles. The van der Waals surface area contributed by atoms with Crippen LogP contribution in [-0.4, -0.2) is 11.2 Å². The Balaban J connectivity index is 2.92. The van der Waals surface area contributed by atoms with E-state index in [0.717, 1.165) is 4.47 Å². The van der Waals surface area contributed by atoms with Gasteiger partial charge in [-0.3, -0.25) is 0 Å². The molecular weight excluding hydrogens is 280 g/mol. The van der Waals surface area contributed by atoms with Crippen molar-refractivity contribution in [1.29, 1.82) is 5.26 Å². The van der Waals surface area contributed by atoms with Gasteiger partial charge in [0.2, 0.25) is 0 Å². The zero-order chi connectivity index (χ0) is 12.8. The molecule has 0 aliphatic heterocycles. The lowest BCUT2D eigenvalue weighted by Gasteiger charge is -2.02. The van der Waals surface area contributed by atoms with Gasteiger partial charge in [-0.2, -0.15) is 5.26 Å². The smallest absolute Gasteiger partial charge is 0.101 e. The molecule has 0 aromatic heterocycles. The minimum atomic E-state index is -0.348. The van der Waals surface area contributed by atoms with Crippen LogP contribution in [0.15, 0.2) is 16.6 Å². The maximum Gasteiger partial charge on any atom is 0.101 e. The fraction of sp³-hybridized carbons (Fsp3) is 0.308. The third-order valence-corrected chi connectivity index (χ3v) is 2.63. The summed E-state index contributed by atoms with van der Waals surface area (Å²) in [6.45, 7) is 1.73. The number of rotatable bonds is 2. The molecule has 0 heterocycles. The van der Waals surface area contributed by atoms with Crippen molar-refractivity contribution in [2.45, 2.75) is 25.9 Å². The number of nitriles is 1. The molecule has 1 rings (SSSR count). The van der Waals surface area contributed by atoms with E-state index in [4.69, 9.17) is 16.1 Å². The van der Waals surface area contributed by atoms with Crippen molar-refractivity contribution in [2.24, 2.45) is 0 Å². The lowest BCUT2D eigenvalue weighted by molar-refractivity contribution is 0.186. The van der Waals surface area contributed by atoms with E-state index < -0.39 is 0 Å². The first-order valence-electron chi connectivity index (χ1n) is 5.20. The van der Waals surface area contributed by atoms with Crippen LogP contribution in [-0.2, 0) is 0 Å². The highest BCUT2D eigenvalue weighted by molar-refractivity contribution is 9.10. The van der Waals surface area contributed by atoms with Crippen LogP contribution in [0.25, 0.3) is 0 Å². The molecule has 0 fully saturated rings. The normalized spacial score (nSPS) is 11.2. The number of hydrogen-bond donors (Lipinski definition) is 2. The summed E-state index contributed by atoms with van der Waals surface area (Å²) in [4.78, 5) is 0. The van der Waals surface area contributed by atoms with Crippen molar-refractivity contribution in [3.8, 4) is 17.9 Å². The van der Waals surface area contributed by atoms with Gasteiger partial charge in [-0.25, -0.2) is 0 Å². The maximum atomic E-state index is 9.09. The van der Waals surface area contributed by atoms with E-state index in [2.05, 4.69) is 27.8 Å². The van der Waals surface area contributed by atoms with Crippen LogP contribution in [0.4, 0.5) is 5.69 Å². The number of hydrogen-bond acceptors (Lipinski definition) is 3. The zero-order valence-electron chi connectivity index (χ0n) is 9.50. The van der Waals surface area contributed by atoms with Gasteiger partial charge in [-0.15, -0.1) is 0 Å². The third-order valence-electron chi connectivity index (χ3n) is 2.18. The summed E-state index contributed by atoms with van der Waals surface area (Å²) in [6.07, 6.45) is 0.885. The predicted octanol–water partition coefficient (Wildman–Crippen LogP) is 2.42. The van der Waals surface area contributed by atoms with Crippen LogP contribution < -0.4 is 5.73 Å². The number of nitrogens with two attached hydrogens (primary N) is 1. The van der Waals surface area contributed by atoms with Gasteiger partial charge in [-0.1, -0.05) is 27.8 Å². The summed E-state index contributed by atoms with van der Waals surface area (Å²) in [5.41, 5.74) is 7.27. The van der Waals surface area contributed by atoms with Crippen molar-refractivity contribution in [3.05, 3.63) is 27.7 Å².